The lowest BCUT2D eigenvalue weighted by molar-refractivity contribution is -0.133. The highest BCUT2D eigenvalue weighted by Gasteiger charge is 2.21. The van der Waals surface area contributed by atoms with Gasteiger partial charge in [0.15, 0.2) is 0 Å². The fourth-order valence-corrected chi connectivity index (χ4v) is 3.29. The second kappa shape index (κ2) is 6.74. The van der Waals surface area contributed by atoms with Crippen LogP contribution < -0.4 is 5.56 Å². The monoisotopic (exact) mass is 351 g/mol. The predicted octanol–water partition coefficient (Wildman–Crippen LogP) is 1.82. The molecule has 0 aliphatic carbocycles. The molecule has 26 heavy (non-hydrogen) atoms. The Labute approximate surface area is 150 Å². The number of nitrogens with zero attached hydrogens (tertiary/aromatic N) is 5. The van der Waals surface area contributed by atoms with Crippen LogP contribution in [0.3, 0.4) is 0 Å². The third kappa shape index (κ3) is 3.12. The number of hydrogen-bond donors (Lipinski definition) is 0. The predicted molar refractivity (Wildman–Crippen MR) is 97.7 cm³/mol. The van der Waals surface area contributed by atoms with Crippen molar-refractivity contribution in [3.63, 3.8) is 0 Å². The van der Waals surface area contributed by atoms with Crippen molar-refractivity contribution in [1.29, 1.82) is 0 Å². The maximum Gasteiger partial charge on any atom is 0.293 e. The van der Waals surface area contributed by atoms with E-state index in [1.807, 2.05) is 35.2 Å². The summed E-state index contributed by atoms with van der Waals surface area (Å²) in [5.74, 6) is 0.595. The minimum atomic E-state index is -0.305. The summed E-state index contributed by atoms with van der Waals surface area (Å²) < 4.78 is 2.69. The summed E-state index contributed by atoms with van der Waals surface area (Å²) in [5, 5.41) is 8.53. The third-order valence-electron chi connectivity index (χ3n) is 4.98. The summed E-state index contributed by atoms with van der Waals surface area (Å²) in [7, 11) is 0. The van der Waals surface area contributed by atoms with Crippen LogP contribution in [0.4, 0.5) is 0 Å². The zero-order chi connectivity index (χ0) is 18.1. The molecule has 3 aromatic rings. The Morgan fingerprint density at radius 2 is 1.92 bits per heavy atom. The van der Waals surface area contributed by atoms with E-state index in [9.17, 15) is 9.59 Å². The fraction of sp³-hybridized carbons (Fsp3) is 0.368. The van der Waals surface area contributed by atoms with Gasteiger partial charge in [-0.3, -0.25) is 9.59 Å². The maximum atomic E-state index is 12.7. The molecule has 3 heterocycles. The normalized spacial score (nSPS) is 15.5. The van der Waals surface area contributed by atoms with Crippen LogP contribution in [0.5, 0.6) is 0 Å². The molecule has 0 saturated carbocycles. The van der Waals surface area contributed by atoms with E-state index in [1.165, 1.54) is 15.5 Å². The first-order valence-corrected chi connectivity index (χ1v) is 8.90. The number of benzene rings is 1. The van der Waals surface area contributed by atoms with Crippen molar-refractivity contribution in [3.05, 3.63) is 53.1 Å². The van der Waals surface area contributed by atoms with Crippen molar-refractivity contribution < 1.29 is 4.79 Å². The molecule has 7 heteroatoms. The van der Waals surface area contributed by atoms with Gasteiger partial charge in [-0.05, 0) is 24.8 Å². The van der Waals surface area contributed by atoms with Crippen molar-refractivity contribution in [2.45, 2.75) is 26.3 Å². The lowest BCUT2D eigenvalue weighted by Crippen LogP contribution is -2.41. The minimum Gasteiger partial charge on any atom is -0.341 e. The summed E-state index contributed by atoms with van der Waals surface area (Å²) in [6.45, 7) is 3.67. The smallest absolute Gasteiger partial charge is 0.293 e. The van der Waals surface area contributed by atoms with Crippen molar-refractivity contribution >= 4 is 11.4 Å². The lowest BCUT2D eigenvalue weighted by Gasteiger charge is -2.30. The molecule has 1 fully saturated rings. The molecule has 1 aromatic carbocycles. The van der Waals surface area contributed by atoms with Crippen LogP contribution in [0.25, 0.3) is 16.8 Å². The molecule has 134 valence electrons. The largest absolute Gasteiger partial charge is 0.341 e. The SMILES string of the molecule is CC1CCN(C(=O)Cn2ncn3nc(-c4ccccc4)cc3c2=O)CC1. The molecule has 1 amide bonds. The summed E-state index contributed by atoms with van der Waals surface area (Å²) in [5.41, 5.74) is 1.75. The van der Waals surface area contributed by atoms with Crippen molar-refractivity contribution in [3.8, 4) is 11.3 Å². The minimum absolute atomic E-state index is 0.0322. The van der Waals surface area contributed by atoms with E-state index in [1.54, 1.807) is 6.07 Å². The number of piperidine rings is 1. The summed E-state index contributed by atoms with van der Waals surface area (Å²) in [4.78, 5) is 27.0. The number of aromatic nitrogens is 4. The Balaban J connectivity index is 1.60. The molecule has 2 aromatic heterocycles. The highest BCUT2D eigenvalue weighted by Crippen LogP contribution is 2.18. The first kappa shape index (κ1) is 16.5. The zero-order valence-corrected chi connectivity index (χ0v) is 14.7. The fourth-order valence-electron chi connectivity index (χ4n) is 3.29. The Morgan fingerprint density at radius 3 is 2.65 bits per heavy atom. The van der Waals surface area contributed by atoms with E-state index in [4.69, 9.17) is 0 Å². The quantitative estimate of drug-likeness (QED) is 0.721. The van der Waals surface area contributed by atoms with Crippen LogP contribution in [-0.2, 0) is 11.3 Å². The van der Waals surface area contributed by atoms with Crippen LogP contribution in [0.2, 0.25) is 0 Å². The molecule has 1 aliphatic rings. The molecule has 0 unspecified atom stereocenters. The molecule has 4 rings (SSSR count). The first-order chi connectivity index (χ1) is 12.6. The number of amides is 1. The van der Waals surface area contributed by atoms with Crippen molar-refractivity contribution in [2.75, 3.05) is 13.1 Å². The summed E-state index contributed by atoms with van der Waals surface area (Å²) in [6.07, 6.45) is 3.50. The molecule has 0 radical (unpaired) electrons. The van der Waals surface area contributed by atoms with Gasteiger partial charge >= 0.3 is 0 Å². The first-order valence-electron chi connectivity index (χ1n) is 8.90. The van der Waals surface area contributed by atoms with Gasteiger partial charge in [-0.2, -0.15) is 10.2 Å². The van der Waals surface area contributed by atoms with Gasteiger partial charge in [-0.15, -0.1) is 0 Å². The standard InChI is InChI=1S/C19H21N5O2/c1-14-7-9-22(10-8-14)18(25)12-23-19(26)17-11-16(21-24(17)13-20-23)15-5-3-2-4-6-15/h2-6,11,13-14H,7-10,12H2,1H3. The molecule has 1 aliphatic heterocycles. The van der Waals surface area contributed by atoms with Crippen molar-refractivity contribution in [2.24, 2.45) is 5.92 Å². The molecule has 0 atom stereocenters. The average molecular weight is 351 g/mol. The second-order valence-electron chi connectivity index (χ2n) is 6.88. The van der Waals surface area contributed by atoms with Gasteiger partial charge < -0.3 is 4.90 Å². The van der Waals surface area contributed by atoms with Gasteiger partial charge in [0.05, 0.1) is 5.69 Å². The van der Waals surface area contributed by atoms with Gasteiger partial charge in [0.1, 0.15) is 18.4 Å². The third-order valence-corrected chi connectivity index (χ3v) is 4.98. The van der Waals surface area contributed by atoms with E-state index < -0.39 is 0 Å². The Kier molecular flexibility index (Phi) is 4.28. The van der Waals surface area contributed by atoms with Crippen LogP contribution in [0.1, 0.15) is 19.8 Å². The van der Waals surface area contributed by atoms with Crippen LogP contribution in [0, 0.1) is 5.92 Å². The number of carbonyl (C=O) groups excluding carboxylic acids is 1. The Bertz CT molecular complexity index is 984. The van der Waals surface area contributed by atoms with Gasteiger partial charge in [0, 0.05) is 18.7 Å². The number of carbonyl (C=O) groups is 1. The van der Waals surface area contributed by atoms with Crippen LogP contribution in [0.15, 0.2) is 47.5 Å². The van der Waals surface area contributed by atoms with E-state index in [2.05, 4.69) is 17.1 Å². The van der Waals surface area contributed by atoms with Gasteiger partial charge in [-0.25, -0.2) is 9.20 Å². The van der Waals surface area contributed by atoms with E-state index >= 15 is 0 Å². The molecule has 7 nitrogen and oxygen atoms in total. The molecule has 0 spiro atoms. The second-order valence-corrected chi connectivity index (χ2v) is 6.88. The molecule has 0 N–H and O–H groups in total. The zero-order valence-electron chi connectivity index (χ0n) is 14.7. The lowest BCUT2D eigenvalue weighted by atomic mass is 9.99. The van der Waals surface area contributed by atoms with E-state index in [0.29, 0.717) is 17.1 Å². The molecular formula is C19H21N5O2. The topological polar surface area (TPSA) is 72.5 Å². The highest BCUT2D eigenvalue weighted by atomic mass is 16.2. The Morgan fingerprint density at radius 1 is 1.19 bits per heavy atom. The number of likely N-dealkylation sites (tertiary alicyclic amines) is 1. The maximum absolute atomic E-state index is 12.7. The molecule has 0 bridgehead atoms. The van der Waals surface area contributed by atoms with Crippen molar-refractivity contribution in [1.82, 2.24) is 24.3 Å². The van der Waals surface area contributed by atoms with Gasteiger partial charge in [0.25, 0.3) is 5.56 Å². The van der Waals surface area contributed by atoms with Crippen LogP contribution in [-0.4, -0.2) is 43.3 Å². The van der Waals surface area contributed by atoms with E-state index in [0.717, 1.165) is 31.5 Å². The Hall–Kier alpha value is -2.96. The molecule has 1 saturated heterocycles. The highest BCUT2D eigenvalue weighted by molar-refractivity contribution is 5.76. The number of rotatable bonds is 3. The van der Waals surface area contributed by atoms with Crippen LogP contribution >= 0.6 is 0 Å². The average Bonchev–Trinajstić information content (AvgIpc) is 3.10. The summed E-state index contributed by atoms with van der Waals surface area (Å²) in [6, 6.07) is 11.4. The van der Waals surface area contributed by atoms with E-state index in [-0.39, 0.29) is 18.0 Å². The van der Waals surface area contributed by atoms with Gasteiger partial charge in [-0.1, -0.05) is 37.3 Å². The van der Waals surface area contributed by atoms with Gasteiger partial charge in [0.2, 0.25) is 5.91 Å². The number of hydrogen-bond acceptors (Lipinski definition) is 4. The molecular weight excluding hydrogens is 330 g/mol. The summed E-state index contributed by atoms with van der Waals surface area (Å²) >= 11 is 0. The number of fused-ring (bicyclic) bond motifs is 1.